The van der Waals surface area contributed by atoms with Gasteiger partial charge in [-0.05, 0) is 29.3 Å². The van der Waals surface area contributed by atoms with Crippen LogP contribution < -0.4 is 10.1 Å². The summed E-state index contributed by atoms with van der Waals surface area (Å²) in [5.41, 5.74) is -0.483. The van der Waals surface area contributed by atoms with Crippen molar-refractivity contribution in [3.63, 3.8) is 0 Å². The monoisotopic (exact) mass is 447 g/mol. The molecular weight excluding hydrogens is 432 g/mol. The summed E-state index contributed by atoms with van der Waals surface area (Å²) in [5, 5.41) is 13.4. The lowest BCUT2D eigenvalue weighted by atomic mass is 9.94. The van der Waals surface area contributed by atoms with E-state index in [2.05, 4.69) is 10.1 Å². The predicted octanol–water partition coefficient (Wildman–Crippen LogP) is 3.59. The molecule has 0 radical (unpaired) electrons. The summed E-state index contributed by atoms with van der Waals surface area (Å²) >= 11 is 0. The highest BCUT2D eigenvalue weighted by Gasteiger charge is 2.39. The number of nitrogens with one attached hydrogen (secondary N) is 1. The van der Waals surface area contributed by atoms with Gasteiger partial charge in [0.05, 0.1) is 24.5 Å². The summed E-state index contributed by atoms with van der Waals surface area (Å²) in [6.45, 7) is 0. The van der Waals surface area contributed by atoms with E-state index in [0.717, 1.165) is 43.6 Å². The largest absolute Gasteiger partial charge is 0.469 e. The summed E-state index contributed by atoms with van der Waals surface area (Å²) in [7, 11) is 1.12. The standard InChI is InChI=1S/C20H15F2N3O7/c1-31-17(26)9-12-10-23-19(27)24(18(12)11-6-7-13(21)14(22)8-11)20(28)32-16-5-3-2-4-15(16)25(29)30/h2-8,10,18H,9H2,1H3,(H,23,27). The zero-order valence-corrected chi connectivity index (χ0v) is 16.4. The van der Waals surface area contributed by atoms with Crippen LogP contribution >= 0.6 is 0 Å². The maximum Gasteiger partial charge on any atom is 0.424 e. The number of halogens is 2. The first-order valence-electron chi connectivity index (χ1n) is 8.98. The van der Waals surface area contributed by atoms with Crippen LogP contribution in [0.2, 0.25) is 0 Å². The van der Waals surface area contributed by atoms with E-state index in [1.807, 2.05) is 0 Å². The normalized spacial score (nSPS) is 15.5. The van der Waals surface area contributed by atoms with Gasteiger partial charge in [0.25, 0.3) is 0 Å². The molecule has 3 amide bonds. The highest BCUT2D eigenvalue weighted by atomic mass is 19.2. The Morgan fingerprint density at radius 1 is 1.19 bits per heavy atom. The number of benzene rings is 2. The molecule has 1 heterocycles. The third-order valence-corrected chi connectivity index (χ3v) is 4.50. The average molecular weight is 447 g/mol. The van der Waals surface area contributed by atoms with E-state index in [9.17, 15) is 33.3 Å². The van der Waals surface area contributed by atoms with Crippen LogP contribution in [0.3, 0.4) is 0 Å². The van der Waals surface area contributed by atoms with E-state index < -0.39 is 58.6 Å². The van der Waals surface area contributed by atoms with E-state index in [-0.39, 0.29) is 11.1 Å². The first-order valence-corrected chi connectivity index (χ1v) is 8.98. The van der Waals surface area contributed by atoms with Crippen molar-refractivity contribution in [1.82, 2.24) is 10.2 Å². The van der Waals surface area contributed by atoms with Crippen molar-refractivity contribution in [1.29, 1.82) is 0 Å². The smallest absolute Gasteiger partial charge is 0.424 e. The van der Waals surface area contributed by atoms with Crippen LogP contribution in [0.5, 0.6) is 5.75 Å². The number of esters is 1. The summed E-state index contributed by atoms with van der Waals surface area (Å²) in [5.74, 6) is -3.59. The molecule has 0 aromatic heterocycles. The Morgan fingerprint density at radius 3 is 2.56 bits per heavy atom. The van der Waals surface area contributed by atoms with Crippen molar-refractivity contribution in [2.75, 3.05) is 7.11 Å². The van der Waals surface area contributed by atoms with Crippen LogP contribution in [0.1, 0.15) is 18.0 Å². The van der Waals surface area contributed by atoms with Gasteiger partial charge in [-0.1, -0.05) is 18.2 Å². The first kappa shape index (κ1) is 22.3. The van der Waals surface area contributed by atoms with Crippen molar-refractivity contribution in [3.8, 4) is 5.75 Å². The molecule has 1 atom stereocenters. The van der Waals surface area contributed by atoms with Crippen LogP contribution in [0.4, 0.5) is 24.1 Å². The Morgan fingerprint density at radius 2 is 1.91 bits per heavy atom. The number of methoxy groups -OCH3 is 1. The fourth-order valence-corrected chi connectivity index (χ4v) is 3.04. The molecule has 0 spiro atoms. The highest BCUT2D eigenvalue weighted by molar-refractivity contribution is 5.95. The molecule has 166 valence electrons. The Balaban J connectivity index is 2.04. The van der Waals surface area contributed by atoms with E-state index in [0.29, 0.717) is 4.90 Å². The van der Waals surface area contributed by atoms with Crippen LogP contribution in [0.15, 0.2) is 54.2 Å². The number of imide groups is 1. The van der Waals surface area contributed by atoms with Crippen molar-refractivity contribution >= 4 is 23.8 Å². The second-order valence-electron chi connectivity index (χ2n) is 6.46. The Labute approximate surface area is 179 Å². The molecule has 0 fully saturated rings. The second kappa shape index (κ2) is 9.20. The van der Waals surface area contributed by atoms with Crippen LogP contribution in [-0.2, 0) is 9.53 Å². The second-order valence-corrected chi connectivity index (χ2v) is 6.46. The van der Waals surface area contributed by atoms with Crippen LogP contribution in [-0.4, -0.2) is 35.0 Å². The van der Waals surface area contributed by atoms with Gasteiger partial charge in [0.1, 0.15) is 0 Å². The number of hydrogen-bond acceptors (Lipinski definition) is 7. The minimum absolute atomic E-state index is 0.0478. The number of hydrogen-bond donors (Lipinski definition) is 1. The SMILES string of the molecule is COC(=O)CC1=CNC(=O)N(C(=O)Oc2ccccc2[N+](=O)[O-])C1c1ccc(F)c(F)c1. The van der Waals surface area contributed by atoms with Gasteiger partial charge in [-0.15, -0.1) is 0 Å². The topological polar surface area (TPSA) is 128 Å². The van der Waals surface area contributed by atoms with E-state index in [1.165, 1.54) is 12.1 Å². The third-order valence-electron chi connectivity index (χ3n) is 4.50. The van der Waals surface area contributed by atoms with Gasteiger partial charge >= 0.3 is 23.8 Å². The van der Waals surface area contributed by atoms with Crippen molar-refractivity contribution in [3.05, 3.63) is 81.5 Å². The summed E-state index contributed by atoms with van der Waals surface area (Å²) in [4.78, 5) is 48.2. The number of amides is 3. The van der Waals surface area contributed by atoms with Crippen molar-refractivity contribution in [2.24, 2.45) is 0 Å². The number of nitro groups is 1. The highest BCUT2D eigenvalue weighted by Crippen LogP contribution is 2.35. The molecule has 2 aromatic carbocycles. The summed E-state index contributed by atoms with van der Waals surface area (Å²) in [6, 6.07) is 5.24. The minimum atomic E-state index is -1.38. The molecule has 3 rings (SSSR count). The minimum Gasteiger partial charge on any atom is -0.469 e. The van der Waals surface area contributed by atoms with E-state index in [4.69, 9.17) is 4.74 Å². The lowest BCUT2D eigenvalue weighted by Crippen LogP contribution is -2.49. The summed E-state index contributed by atoms with van der Waals surface area (Å²) < 4.78 is 37.0. The maximum atomic E-state index is 13.9. The molecule has 0 saturated heterocycles. The number of carbonyl (C=O) groups excluding carboxylic acids is 3. The molecule has 12 heteroatoms. The third kappa shape index (κ3) is 4.53. The Hall–Kier alpha value is -4.35. The Kier molecular flexibility index (Phi) is 6.42. The Bertz CT molecular complexity index is 1140. The molecule has 0 saturated carbocycles. The predicted molar refractivity (Wildman–Crippen MR) is 103 cm³/mol. The number of rotatable bonds is 5. The number of ether oxygens (including phenoxy) is 2. The molecule has 1 N–H and O–H groups in total. The fourth-order valence-electron chi connectivity index (χ4n) is 3.04. The van der Waals surface area contributed by atoms with Crippen LogP contribution in [0, 0.1) is 21.7 Å². The molecule has 10 nitrogen and oxygen atoms in total. The lowest BCUT2D eigenvalue weighted by Gasteiger charge is -2.34. The average Bonchev–Trinajstić information content (AvgIpc) is 2.76. The number of para-hydroxylation sites is 2. The van der Waals surface area contributed by atoms with Gasteiger partial charge in [0.15, 0.2) is 11.6 Å². The molecule has 0 aliphatic carbocycles. The first-order chi connectivity index (χ1) is 15.2. The van der Waals surface area contributed by atoms with Crippen molar-refractivity contribution < 1.29 is 37.6 Å². The van der Waals surface area contributed by atoms with E-state index in [1.54, 1.807) is 0 Å². The molecule has 1 unspecified atom stereocenters. The van der Waals surface area contributed by atoms with Gasteiger partial charge in [-0.2, -0.15) is 0 Å². The zero-order valence-electron chi connectivity index (χ0n) is 16.4. The molecule has 2 aromatic rings. The summed E-state index contributed by atoms with van der Waals surface area (Å²) in [6.07, 6.45) is -0.614. The quantitative estimate of drug-likeness (QED) is 0.421. The molecular formula is C20H15F2N3O7. The molecule has 1 aliphatic heterocycles. The fraction of sp³-hybridized carbons (Fsp3) is 0.150. The number of nitrogens with zero attached hydrogens (tertiary/aromatic N) is 2. The number of urea groups is 1. The van der Waals surface area contributed by atoms with E-state index >= 15 is 0 Å². The van der Waals surface area contributed by atoms with Gasteiger partial charge < -0.3 is 14.8 Å². The van der Waals surface area contributed by atoms with Gasteiger partial charge in [-0.25, -0.2) is 23.3 Å². The van der Waals surface area contributed by atoms with Gasteiger partial charge in [0.2, 0.25) is 5.75 Å². The maximum absolute atomic E-state index is 13.9. The molecule has 0 bridgehead atoms. The van der Waals surface area contributed by atoms with Crippen LogP contribution in [0.25, 0.3) is 0 Å². The molecule has 1 aliphatic rings. The van der Waals surface area contributed by atoms with Crippen molar-refractivity contribution in [2.45, 2.75) is 12.5 Å². The van der Waals surface area contributed by atoms with Gasteiger partial charge in [0, 0.05) is 12.3 Å². The lowest BCUT2D eigenvalue weighted by molar-refractivity contribution is -0.385. The number of carbonyl (C=O) groups is 3. The number of nitro benzene ring substituents is 1. The van der Waals surface area contributed by atoms with Gasteiger partial charge in [-0.3, -0.25) is 14.9 Å². The zero-order chi connectivity index (χ0) is 23.4. The molecule has 32 heavy (non-hydrogen) atoms.